The molecule has 110 valence electrons. The lowest BCUT2D eigenvalue weighted by molar-refractivity contribution is -0.384. The SMILES string of the molecule is CCCNc1c(C(=O)Nc2cn[nH]c2)cccc1[N+](=O)[O-]. The number of hydrogen-bond donors (Lipinski definition) is 3. The van der Waals surface area contributed by atoms with E-state index in [1.54, 1.807) is 6.07 Å². The van der Waals surface area contributed by atoms with Gasteiger partial charge in [0, 0.05) is 18.8 Å². The molecule has 1 aromatic heterocycles. The van der Waals surface area contributed by atoms with Crippen LogP contribution in [0.3, 0.4) is 0 Å². The van der Waals surface area contributed by atoms with Crippen LogP contribution >= 0.6 is 0 Å². The number of carbonyl (C=O) groups excluding carboxylic acids is 1. The molecular formula is C13H15N5O3. The van der Waals surface area contributed by atoms with Gasteiger partial charge in [-0.3, -0.25) is 20.0 Å². The Kier molecular flexibility index (Phi) is 4.50. The first-order valence-electron chi connectivity index (χ1n) is 6.45. The van der Waals surface area contributed by atoms with Gasteiger partial charge in [0.25, 0.3) is 11.6 Å². The largest absolute Gasteiger partial charge is 0.379 e. The third kappa shape index (κ3) is 3.35. The monoisotopic (exact) mass is 289 g/mol. The minimum atomic E-state index is -0.507. The lowest BCUT2D eigenvalue weighted by Gasteiger charge is -2.11. The van der Waals surface area contributed by atoms with Crippen LogP contribution in [0.15, 0.2) is 30.6 Å². The number of anilines is 2. The fourth-order valence-electron chi connectivity index (χ4n) is 1.83. The first-order chi connectivity index (χ1) is 10.1. The van der Waals surface area contributed by atoms with Crippen molar-refractivity contribution in [2.45, 2.75) is 13.3 Å². The van der Waals surface area contributed by atoms with Gasteiger partial charge < -0.3 is 10.6 Å². The zero-order chi connectivity index (χ0) is 15.2. The predicted molar refractivity (Wildman–Crippen MR) is 78.4 cm³/mol. The molecule has 0 saturated heterocycles. The molecule has 0 atom stereocenters. The van der Waals surface area contributed by atoms with Gasteiger partial charge in [0.1, 0.15) is 5.69 Å². The van der Waals surface area contributed by atoms with E-state index in [2.05, 4.69) is 20.8 Å². The summed E-state index contributed by atoms with van der Waals surface area (Å²) in [6, 6.07) is 4.40. The zero-order valence-electron chi connectivity index (χ0n) is 11.4. The van der Waals surface area contributed by atoms with Crippen LogP contribution in [0.5, 0.6) is 0 Å². The summed E-state index contributed by atoms with van der Waals surface area (Å²) in [5, 5.41) is 23.0. The summed E-state index contributed by atoms with van der Waals surface area (Å²) in [4.78, 5) is 22.8. The van der Waals surface area contributed by atoms with Gasteiger partial charge >= 0.3 is 0 Å². The highest BCUT2D eigenvalue weighted by Gasteiger charge is 2.21. The van der Waals surface area contributed by atoms with Gasteiger partial charge in [0.15, 0.2) is 0 Å². The summed E-state index contributed by atoms with van der Waals surface area (Å²) in [6.45, 7) is 2.48. The van der Waals surface area contributed by atoms with Crippen LogP contribution in [0.1, 0.15) is 23.7 Å². The van der Waals surface area contributed by atoms with E-state index in [1.807, 2.05) is 6.92 Å². The standard InChI is InChI=1S/C13H15N5O3/c1-2-6-14-12-10(4-3-5-11(12)18(20)21)13(19)17-9-7-15-16-8-9/h3-5,7-8,14H,2,6H2,1H3,(H,15,16)(H,17,19). The highest BCUT2D eigenvalue weighted by molar-refractivity contribution is 6.09. The number of aromatic nitrogens is 2. The van der Waals surface area contributed by atoms with Gasteiger partial charge in [-0.1, -0.05) is 13.0 Å². The molecule has 8 nitrogen and oxygen atoms in total. The van der Waals surface area contributed by atoms with Crippen molar-refractivity contribution < 1.29 is 9.72 Å². The topological polar surface area (TPSA) is 113 Å². The molecule has 0 aliphatic carbocycles. The second-order valence-corrected chi connectivity index (χ2v) is 4.32. The molecule has 21 heavy (non-hydrogen) atoms. The molecule has 8 heteroatoms. The van der Waals surface area contributed by atoms with E-state index in [1.165, 1.54) is 24.5 Å². The van der Waals surface area contributed by atoms with Crippen LogP contribution in [0.25, 0.3) is 0 Å². The maximum absolute atomic E-state index is 12.3. The first kappa shape index (κ1) is 14.5. The quantitative estimate of drug-likeness (QED) is 0.558. The Morgan fingerprint density at radius 1 is 1.48 bits per heavy atom. The molecule has 0 aliphatic heterocycles. The van der Waals surface area contributed by atoms with Crippen molar-refractivity contribution in [2.24, 2.45) is 0 Å². The summed E-state index contributed by atoms with van der Waals surface area (Å²) in [7, 11) is 0. The molecule has 2 aromatic rings. The molecule has 0 unspecified atom stereocenters. The predicted octanol–water partition coefficient (Wildman–Crippen LogP) is 2.39. The zero-order valence-corrected chi connectivity index (χ0v) is 11.4. The second kappa shape index (κ2) is 6.51. The highest BCUT2D eigenvalue weighted by Crippen LogP contribution is 2.28. The number of para-hydroxylation sites is 1. The number of benzene rings is 1. The van der Waals surface area contributed by atoms with Crippen LogP contribution in [-0.2, 0) is 0 Å². The van der Waals surface area contributed by atoms with Crippen LogP contribution in [0, 0.1) is 10.1 Å². The lowest BCUT2D eigenvalue weighted by Crippen LogP contribution is -2.16. The van der Waals surface area contributed by atoms with Gasteiger partial charge in [-0.2, -0.15) is 5.10 Å². The van der Waals surface area contributed by atoms with E-state index in [0.29, 0.717) is 12.2 Å². The first-order valence-corrected chi connectivity index (χ1v) is 6.45. The van der Waals surface area contributed by atoms with Gasteiger partial charge in [-0.15, -0.1) is 0 Å². The number of nitro groups is 1. The average molecular weight is 289 g/mol. The Morgan fingerprint density at radius 2 is 2.29 bits per heavy atom. The van der Waals surface area contributed by atoms with Crippen LogP contribution in [0.4, 0.5) is 17.1 Å². The molecule has 0 aliphatic rings. The maximum atomic E-state index is 12.3. The molecule has 0 bridgehead atoms. The normalized spacial score (nSPS) is 10.1. The van der Waals surface area contributed by atoms with Crippen molar-refractivity contribution in [3.05, 3.63) is 46.3 Å². The van der Waals surface area contributed by atoms with Crippen LogP contribution in [0.2, 0.25) is 0 Å². The number of amides is 1. The Balaban J connectivity index is 2.34. The summed E-state index contributed by atoms with van der Waals surface area (Å²) in [5.41, 5.74) is 0.820. The van der Waals surface area contributed by atoms with Crippen molar-refractivity contribution in [1.29, 1.82) is 0 Å². The Labute approximate surface area is 120 Å². The number of rotatable bonds is 6. The van der Waals surface area contributed by atoms with Crippen molar-refractivity contribution >= 4 is 23.0 Å². The van der Waals surface area contributed by atoms with E-state index >= 15 is 0 Å². The van der Waals surface area contributed by atoms with Crippen molar-refractivity contribution in [1.82, 2.24) is 10.2 Å². The molecule has 1 amide bonds. The number of H-pyrrole nitrogens is 1. The van der Waals surface area contributed by atoms with Crippen molar-refractivity contribution in [2.75, 3.05) is 17.2 Å². The molecule has 0 radical (unpaired) electrons. The molecule has 3 N–H and O–H groups in total. The molecule has 0 saturated carbocycles. The van der Waals surface area contributed by atoms with E-state index < -0.39 is 10.8 Å². The number of nitrogens with one attached hydrogen (secondary N) is 3. The third-order valence-electron chi connectivity index (χ3n) is 2.79. The molecule has 2 rings (SSSR count). The summed E-state index contributed by atoms with van der Waals surface area (Å²) in [6.07, 6.45) is 3.76. The Bertz CT molecular complexity index is 639. The van der Waals surface area contributed by atoms with E-state index in [0.717, 1.165) is 6.42 Å². The number of carbonyl (C=O) groups is 1. The smallest absolute Gasteiger partial charge is 0.293 e. The second-order valence-electron chi connectivity index (χ2n) is 4.32. The van der Waals surface area contributed by atoms with Crippen LogP contribution < -0.4 is 10.6 Å². The fraction of sp³-hybridized carbons (Fsp3) is 0.231. The van der Waals surface area contributed by atoms with E-state index in [9.17, 15) is 14.9 Å². The minimum absolute atomic E-state index is 0.122. The van der Waals surface area contributed by atoms with E-state index in [-0.39, 0.29) is 16.9 Å². The van der Waals surface area contributed by atoms with Gasteiger partial charge in [0.05, 0.1) is 22.4 Å². The number of nitrogens with zero attached hydrogens (tertiary/aromatic N) is 2. The van der Waals surface area contributed by atoms with Gasteiger partial charge in [-0.05, 0) is 12.5 Å². The summed E-state index contributed by atoms with van der Waals surface area (Å²) >= 11 is 0. The van der Waals surface area contributed by atoms with Crippen molar-refractivity contribution in [3.63, 3.8) is 0 Å². The highest BCUT2D eigenvalue weighted by atomic mass is 16.6. The fourth-order valence-corrected chi connectivity index (χ4v) is 1.83. The van der Waals surface area contributed by atoms with E-state index in [4.69, 9.17) is 0 Å². The number of aromatic amines is 1. The molecule has 1 aromatic carbocycles. The Morgan fingerprint density at radius 3 is 2.90 bits per heavy atom. The van der Waals surface area contributed by atoms with Crippen LogP contribution in [-0.4, -0.2) is 27.6 Å². The van der Waals surface area contributed by atoms with Crippen molar-refractivity contribution in [3.8, 4) is 0 Å². The number of nitro benzene ring substituents is 1. The third-order valence-corrected chi connectivity index (χ3v) is 2.79. The summed E-state index contributed by atoms with van der Waals surface area (Å²) in [5.74, 6) is -0.432. The molecule has 1 heterocycles. The Hall–Kier alpha value is -2.90. The number of hydrogen-bond acceptors (Lipinski definition) is 5. The minimum Gasteiger partial charge on any atom is -0.379 e. The lowest BCUT2D eigenvalue weighted by atomic mass is 10.1. The molecule has 0 spiro atoms. The summed E-state index contributed by atoms with van der Waals surface area (Å²) < 4.78 is 0. The van der Waals surface area contributed by atoms with Gasteiger partial charge in [0.2, 0.25) is 0 Å². The maximum Gasteiger partial charge on any atom is 0.293 e. The average Bonchev–Trinajstić information content (AvgIpc) is 2.97. The van der Waals surface area contributed by atoms with Gasteiger partial charge in [-0.25, -0.2) is 0 Å². The molecule has 0 fully saturated rings. The molecular weight excluding hydrogens is 274 g/mol.